The molecule has 1 aliphatic rings. The minimum atomic E-state index is -3.43. The summed E-state index contributed by atoms with van der Waals surface area (Å²) in [5, 5.41) is 12.2. The number of hydrogen-bond acceptors (Lipinski definition) is 6. The quantitative estimate of drug-likeness (QED) is 0.705. The van der Waals surface area contributed by atoms with Crippen molar-refractivity contribution >= 4 is 32.8 Å². The maximum Gasteiger partial charge on any atom is 0.182 e. The maximum atomic E-state index is 12.6. The molecular formula is C16H25ClN2O4S. The van der Waals surface area contributed by atoms with Crippen molar-refractivity contribution < 1.29 is 18.3 Å². The molecule has 24 heavy (non-hydrogen) atoms. The topological polar surface area (TPSA) is 78.9 Å². The molecule has 0 bridgehead atoms. The number of nitrogens with one attached hydrogen (secondary N) is 1. The first-order chi connectivity index (χ1) is 11.4. The molecule has 1 unspecified atom stereocenters. The van der Waals surface area contributed by atoms with Crippen LogP contribution in [0.25, 0.3) is 0 Å². The van der Waals surface area contributed by atoms with Crippen LogP contribution in [-0.2, 0) is 14.6 Å². The molecule has 1 aliphatic heterocycles. The van der Waals surface area contributed by atoms with Gasteiger partial charge in [0.2, 0.25) is 0 Å². The van der Waals surface area contributed by atoms with Crippen LogP contribution in [0.4, 0.5) is 11.4 Å². The SMILES string of the molecule is CC(C)S(=O)(=O)c1ccc(N2CCOCC2)cc1NCC(O)CCl. The van der Waals surface area contributed by atoms with Gasteiger partial charge in [0, 0.05) is 25.3 Å². The fraction of sp³-hybridized carbons (Fsp3) is 0.625. The third-order valence-electron chi connectivity index (χ3n) is 3.97. The lowest BCUT2D eigenvalue weighted by Crippen LogP contribution is -2.36. The molecular weight excluding hydrogens is 352 g/mol. The van der Waals surface area contributed by atoms with Crippen LogP contribution in [0.2, 0.25) is 0 Å². The van der Waals surface area contributed by atoms with Gasteiger partial charge in [-0.3, -0.25) is 0 Å². The monoisotopic (exact) mass is 376 g/mol. The van der Waals surface area contributed by atoms with Crippen molar-refractivity contribution in [1.82, 2.24) is 0 Å². The molecule has 1 fully saturated rings. The molecule has 1 aromatic carbocycles. The standard InChI is InChI=1S/C16H25ClN2O4S/c1-12(2)24(21,22)16-4-3-13(19-5-7-23-8-6-19)9-15(16)18-11-14(20)10-17/h3-4,9,12,14,18,20H,5-8,10-11H2,1-2H3. The fourth-order valence-electron chi connectivity index (χ4n) is 2.46. The van der Waals surface area contributed by atoms with Gasteiger partial charge in [0.15, 0.2) is 9.84 Å². The average molecular weight is 377 g/mol. The minimum Gasteiger partial charge on any atom is -0.390 e. The highest BCUT2D eigenvalue weighted by Gasteiger charge is 2.24. The summed E-state index contributed by atoms with van der Waals surface area (Å²) in [4.78, 5) is 2.40. The molecule has 136 valence electrons. The molecule has 1 heterocycles. The lowest BCUT2D eigenvalue weighted by molar-refractivity contribution is 0.122. The Balaban J connectivity index is 2.35. The molecule has 1 saturated heterocycles. The Morgan fingerprint density at radius 2 is 2.00 bits per heavy atom. The summed E-state index contributed by atoms with van der Waals surface area (Å²) in [5.74, 6) is 0.0857. The van der Waals surface area contributed by atoms with Crippen LogP contribution in [0.1, 0.15) is 13.8 Å². The van der Waals surface area contributed by atoms with Gasteiger partial charge in [0.1, 0.15) is 0 Å². The summed E-state index contributed by atoms with van der Waals surface area (Å²) in [7, 11) is -3.43. The zero-order chi connectivity index (χ0) is 17.7. The molecule has 1 atom stereocenters. The van der Waals surface area contributed by atoms with E-state index in [1.807, 2.05) is 12.1 Å². The fourth-order valence-corrected chi connectivity index (χ4v) is 3.77. The van der Waals surface area contributed by atoms with Crippen molar-refractivity contribution in [3.63, 3.8) is 0 Å². The third-order valence-corrected chi connectivity index (χ3v) is 6.54. The zero-order valence-corrected chi connectivity index (χ0v) is 15.6. The number of benzene rings is 1. The number of aliphatic hydroxyl groups excluding tert-OH is 1. The smallest absolute Gasteiger partial charge is 0.182 e. The Morgan fingerprint density at radius 3 is 2.58 bits per heavy atom. The Kier molecular flexibility index (Phi) is 6.74. The van der Waals surface area contributed by atoms with Gasteiger partial charge in [-0.25, -0.2) is 8.42 Å². The van der Waals surface area contributed by atoms with Crippen LogP contribution in [0.5, 0.6) is 0 Å². The predicted molar refractivity (Wildman–Crippen MR) is 97.0 cm³/mol. The zero-order valence-electron chi connectivity index (χ0n) is 14.0. The van der Waals surface area contributed by atoms with E-state index in [1.54, 1.807) is 19.9 Å². The highest BCUT2D eigenvalue weighted by Crippen LogP contribution is 2.30. The molecule has 2 N–H and O–H groups in total. The second-order valence-electron chi connectivity index (χ2n) is 6.06. The van der Waals surface area contributed by atoms with Crippen molar-refractivity contribution in [2.24, 2.45) is 0 Å². The summed E-state index contributed by atoms with van der Waals surface area (Å²) in [6.45, 7) is 6.33. The number of rotatable bonds is 7. The Morgan fingerprint density at radius 1 is 1.33 bits per heavy atom. The molecule has 8 heteroatoms. The van der Waals surface area contributed by atoms with Gasteiger partial charge in [-0.15, -0.1) is 11.6 Å². The molecule has 0 radical (unpaired) electrons. The van der Waals surface area contributed by atoms with Crippen LogP contribution < -0.4 is 10.2 Å². The number of hydrogen-bond donors (Lipinski definition) is 2. The Labute approximate surface area is 148 Å². The van der Waals surface area contributed by atoms with Crippen molar-refractivity contribution in [2.45, 2.75) is 30.1 Å². The summed E-state index contributed by atoms with van der Waals surface area (Å²) in [6.07, 6.45) is -0.742. The van der Waals surface area contributed by atoms with E-state index < -0.39 is 21.2 Å². The van der Waals surface area contributed by atoms with Crippen LogP contribution in [-0.4, -0.2) is 63.6 Å². The second kappa shape index (κ2) is 8.38. The largest absolute Gasteiger partial charge is 0.390 e. The predicted octanol–water partition coefficient (Wildman–Crippen LogP) is 1.72. The number of ether oxygens (including phenoxy) is 1. The molecule has 2 rings (SSSR count). The number of anilines is 2. The van der Waals surface area contributed by atoms with Crippen molar-refractivity contribution in [1.29, 1.82) is 0 Å². The molecule has 1 aromatic rings. The number of sulfone groups is 1. The molecule has 0 aliphatic carbocycles. The first-order valence-corrected chi connectivity index (χ1v) is 10.1. The van der Waals surface area contributed by atoms with E-state index in [0.29, 0.717) is 18.9 Å². The number of morpholine rings is 1. The first kappa shape index (κ1) is 19.3. The normalized spacial score (nSPS) is 17.1. The van der Waals surface area contributed by atoms with Crippen LogP contribution in [0, 0.1) is 0 Å². The Bertz CT molecular complexity index is 645. The number of nitrogens with zero attached hydrogens (tertiary/aromatic N) is 1. The first-order valence-electron chi connectivity index (χ1n) is 8.04. The molecule has 0 aromatic heterocycles. The highest BCUT2D eigenvalue weighted by molar-refractivity contribution is 7.92. The van der Waals surface area contributed by atoms with Gasteiger partial charge in [-0.05, 0) is 32.0 Å². The number of alkyl halides is 1. The van der Waals surface area contributed by atoms with E-state index in [9.17, 15) is 13.5 Å². The molecule has 0 spiro atoms. The van der Waals surface area contributed by atoms with Crippen LogP contribution >= 0.6 is 11.6 Å². The molecule has 0 amide bonds. The lowest BCUT2D eigenvalue weighted by Gasteiger charge is -2.29. The van der Waals surface area contributed by atoms with E-state index >= 15 is 0 Å². The van der Waals surface area contributed by atoms with Gasteiger partial charge in [-0.2, -0.15) is 0 Å². The van der Waals surface area contributed by atoms with Gasteiger partial charge >= 0.3 is 0 Å². The summed E-state index contributed by atoms with van der Waals surface area (Å²) < 4.78 is 30.5. The third kappa shape index (κ3) is 4.53. The van der Waals surface area contributed by atoms with E-state index in [1.165, 1.54) is 0 Å². The molecule has 0 saturated carbocycles. The second-order valence-corrected chi connectivity index (χ2v) is 8.84. The van der Waals surface area contributed by atoms with Crippen molar-refractivity contribution in [3.05, 3.63) is 18.2 Å². The number of halogens is 1. The summed E-state index contributed by atoms with van der Waals surface area (Å²) in [6, 6.07) is 5.28. The van der Waals surface area contributed by atoms with E-state index in [0.717, 1.165) is 18.8 Å². The van der Waals surface area contributed by atoms with Crippen molar-refractivity contribution in [3.8, 4) is 0 Å². The van der Waals surface area contributed by atoms with E-state index in [2.05, 4.69) is 10.2 Å². The maximum absolute atomic E-state index is 12.6. The van der Waals surface area contributed by atoms with Gasteiger partial charge in [0.25, 0.3) is 0 Å². The minimum absolute atomic E-state index is 0.0857. The van der Waals surface area contributed by atoms with Gasteiger partial charge in [0.05, 0.1) is 41.0 Å². The van der Waals surface area contributed by atoms with E-state index in [4.69, 9.17) is 16.3 Å². The van der Waals surface area contributed by atoms with Crippen LogP contribution in [0.3, 0.4) is 0 Å². The van der Waals surface area contributed by atoms with Gasteiger partial charge in [-0.1, -0.05) is 0 Å². The average Bonchev–Trinajstić information content (AvgIpc) is 2.59. The highest BCUT2D eigenvalue weighted by atomic mass is 35.5. The Hall–Kier alpha value is -1.02. The lowest BCUT2D eigenvalue weighted by atomic mass is 10.2. The summed E-state index contributed by atoms with van der Waals surface area (Å²) in [5.41, 5.74) is 1.43. The van der Waals surface area contributed by atoms with Crippen LogP contribution in [0.15, 0.2) is 23.1 Å². The van der Waals surface area contributed by atoms with E-state index in [-0.39, 0.29) is 17.3 Å². The van der Waals surface area contributed by atoms with Gasteiger partial charge < -0.3 is 20.1 Å². The summed E-state index contributed by atoms with van der Waals surface area (Å²) >= 11 is 5.62. The molecule has 6 nitrogen and oxygen atoms in total. The number of aliphatic hydroxyl groups is 1. The van der Waals surface area contributed by atoms with Crippen molar-refractivity contribution in [2.75, 3.05) is 48.9 Å².